The van der Waals surface area contributed by atoms with Crippen molar-refractivity contribution < 1.29 is 14.3 Å². The average molecular weight is 222 g/mol. The van der Waals surface area contributed by atoms with Crippen LogP contribution in [0.2, 0.25) is 0 Å². The van der Waals surface area contributed by atoms with E-state index in [9.17, 15) is 4.79 Å². The van der Waals surface area contributed by atoms with E-state index in [1.165, 1.54) is 13.2 Å². The number of esters is 1. The standard InChI is InChI=1S/C11H14N2O3/c1-15-11(14)10(9-12)3-2-4-13-5-7-16-8-6-13/h2-4H,5-8H2,1H3. The number of morpholine rings is 1. The third-order valence-electron chi connectivity index (χ3n) is 2.13. The van der Waals surface area contributed by atoms with Crippen molar-refractivity contribution in [3.8, 4) is 6.07 Å². The first-order valence-electron chi connectivity index (χ1n) is 4.96. The van der Waals surface area contributed by atoms with Crippen molar-refractivity contribution in [2.75, 3.05) is 33.4 Å². The van der Waals surface area contributed by atoms with Crippen LogP contribution in [0.4, 0.5) is 0 Å². The van der Waals surface area contributed by atoms with Gasteiger partial charge >= 0.3 is 5.97 Å². The quantitative estimate of drug-likeness (QED) is 0.300. The van der Waals surface area contributed by atoms with Gasteiger partial charge in [0.1, 0.15) is 11.6 Å². The van der Waals surface area contributed by atoms with E-state index in [0.29, 0.717) is 13.2 Å². The van der Waals surface area contributed by atoms with Crippen molar-refractivity contribution in [3.05, 3.63) is 23.9 Å². The molecule has 0 saturated carbocycles. The molecular weight excluding hydrogens is 208 g/mol. The van der Waals surface area contributed by atoms with Gasteiger partial charge in [-0.15, -0.1) is 0 Å². The van der Waals surface area contributed by atoms with Crippen molar-refractivity contribution in [1.82, 2.24) is 4.90 Å². The van der Waals surface area contributed by atoms with Gasteiger partial charge in [-0.05, 0) is 18.4 Å². The Morgan fingerprint density at radius 1 is 1.50 bits per heavy atom. The first-order chi connectivity index (χ1) is 7.77. The van der Waals surface area contributed by atoms with Gasteiger partial charge < -0.3 is 14.4 Å². The zero-order valence-electron chi connectivity index (χ0n) is 9.18. The smallest absolute Gasteiger partial charge is 0.348 e. The van der Waals surface area contributed by atoms with Gasteiger partial charge in [0, 0.05) is 13.1 Å². The van der Waals surface area contributed by atoms with Crippen LogP contribution in [0.25, 0.3) is 0 Å². The molecule has 0 aromatic heterocycles. The van der Waals surface area contributed by atoms with E-state index in [2.05, 4.69) is 9.64 Å². The van der Waals surface area contributed by atoms with Crippen molar-refractivity contribution in [3.63, 3.8) is 0 Å². The highest BCUT2D eigenvalue weighted by Crippen LogP contribution is 2.00. The van der Waals surface area contributed by atoms with Crippen LogP contribution in [0.15, 0.2) is 23.9 Å². The van der Waals surface area contributed by atoms with Gasteiger partial charge in [0.2, 0.25) is 0 Å². The molecule has 1 saturated heterocycles. The summed E-state index contributed by atoms with van der Waals surface area (Å²) in [5, 5.41) is 8.68. The van der Waals surface area contributed by atoms with E-state index < -0.39 is 5.97 Å². The zero-order chi connectivity index (χ0) is 11.8. The van der Waals surface area contributed by atoms with E-state index in [4.69, 9.17) is 10.00 Å². The molecule has 86 valence electrons. The van der Waals surface area contributed by atoms with Crippen LogP contribution >= 0.6 is 0 Å². The molecule has 1 aliphatic heterocycles. The lowest BCUT2D eigenvalue weighted by molar-refractivity contribution is -0.135. The number of allylic oxidation sites excluding steroid dienone is 2. The molecule has 0 aliphatic carbocycles. The third kappa shape index (κ3) is 3.75. The molecule has 0 spiro atoms. The minimum absolute atomic E-state index is 0.00740. The zero-order valence-corrected chi connectivity index (χ0v) is 9.18. The maximum absolute atomic E-state index is 11.0. The lowest BCUT2D eigenvalue weighted by Crippen LogP contribution is -2.31. The molecule has 0 radical (unpaired) electrons. The van der Waals surface area contributed by atoms with E-state index in [0.717, 1.165) is 13.1 Å². The van der Waals surface area contributed by atoms with Crippen molar-refractivity contribution >= 4 is 5.97 Å². The van der Waals surface area contributed by atoms with Gasteiger partial charge in [-0.2, -0.15) is 5.26 Å². The summed E-state index contributed by atoms with van der Waals surface area (Å²) < 4.78 is 9.64. The molecule has 1 heterocycles. The molecule has 0 bridgehead atoms. The van der Waals surface area contributed by atoms with Gasteiger partial charge in [0.05, 0.1) is 20.3 Å². The number of nitriles is 1. The number of ether oxygens (including phenoxy) is 2. The molecule has 0 aromatic carbocycles. The molecule has 1 fully saturated rings. The summed E-state index contributed by atoms with van der Waals surface area (Å²) in [4.78, 5) is 13.1. The minimum Gasteiger partial charge on any atom is -0.465 e. The van der Waals surface area contributed by atoms with E-state index >= 15 is 0 Å². The van der Waals surface area contributed by atoms with Crippen LogP contribution < -0.4 is 0 Å². The second-order valence-corrected chi connectivity index (χ2v) is 3.17. The van der Waals surface area contributed by atoms with Gasteiger partial charge in [-0.3, -0.25) is 0 Å². The molecule has 5 heteroatoms. The van der Waals surface area contributed by atoms with Crippen LogP contribution in [0.1, 0.15) is 0 Å². The number of hydrogen-bond donors (Lipinski definition) is 0. The maximum atomic E-state index is 11.0. The fourth-order valence-electron chi connectivity index (χ4n) is 1.25. The third-order valence-corrected chi connectivity index (χ3v) is 2.13. The first-order valence-corrected chi connectivity index (χ1v) is 4.96. The second-order valence-electron chi connectivity index (χ2n) is 3.17. The summed E-state index contributed by atoms with van der Waals surface area (Å²) in [5.41, 5.74) is -0.00740. The lowest BCUT2D eigenvalue weighted by Gasteiger charge is -2.24. The Labute approximate surface area is 94.5 Å². The largest absolute Gasteiger partial charge is 0.465 e. The van der Waals surface area contributed by atoms with Gasteiger partial charge in [-0.25, -0.2) is 4.79 Å². The summed E-state index contributed by atoms with van der Waals surface area (Å²) in [6.45, 7) is 3.06. The van der Waals surface area contributed by atoms with Crippen molar-refractivity contribution in [2.45, 2.75) is 0 Å². The maximum Gasteiger partial charge on any atom is 0.348 e. The molecule has 0 unspecified atom stereocenters. The Morgan fingerprint density at radius 2 is 2.19 bits per heavy atom. The molecule has 0 amide bonds. The van der Waals surface area contributed by atoms with Crippen molar-refractivity contribution in [1.29, 1.82) is 5.26 Å². The Balaban J connectivity index is 2.52. The molecule has 0 N–H and O–H groups in total. The number of hydrogen-bond acceptors (Lipinski definition) is 5. The van der Waals surface area contributed by atoms with Crippen molar-refractivity contribution in [2.24, 2.45) is 0 Å². The van der Waals surface area contributed by atoms with Crippen LogP contribution in [0.3, 0.4) is 0 Å². The Morgan fingerprint density at radius 3 is 2.75 bits per heavy atom. The summed E-state index contributed by atoms with van der Waals surface area (Å²) in [6, 6.07) is 1.78. The Bertz CT molecular complexity index is 336. The van der Waals surface area contributed by atoms with E-state index in [1.54, 1.807) is 12.1 Å². The van der Waals surface area contributed by atoms with E-state index in [-0.39, 0.29) is 5.57 Å². The monoisotopic (exact) mass is 222 g/mol. The predicted molar refractivity (Wildman–Crippen MR) is 57.2 cm³/mol. The molecule has 0 aromatic rings. The van der Waals surface area contributed by atoms with Gasteiger partial charge in [-0.1, -0.05) is 0 Å². The average Bonchev–Trinajstić information content (AvgIpc) is 2.35. The highest BCUT2D eigenvalue weighted by molar-refractivity contribution is 5.92. The SMILES string of the molecule is COC(=O)C(C#N)=CC=CN1CCOCC1. The van der Waals surface area contributed by atoms with Crippen LogP contribution in [0, 0.1) is 11.3 Å². The summed E-state index contributed by atoms with van der Waals surface area (Å²) in [5.74, 6) is -0.617. The lowest BCUT2D eigenvalue weighted by atomic mass is 10.3. The topological polar surface area (TPSA) is 62.6 Å². The number of carbonyl (C=O) groups is 1. The minimum atomic E-state index is -0.617. The fraction of sp³-hybridized carbons (Fsp3) is 0.455. The molecule has 16 heavy (non-hydrogen) atoms. The highest BCUT2D eigenvalue weighted by atomic mass is 16.5. The van der Waals surface area contributed by atoms with Gasteiger partial charge in [0.25, 0.3) is 0 Å². The number of methoxy groups -OCH3 is 1. The molecule has 1 aliphatic rings. The van der Waals surface area contributed by atoms with Crippen LogP contribution in [0.5, 0.6) is 0 Å². The summed E-state index contributed by atoms with van der Waals surface area (Å²) in [6.07, 6.45) is 4.95. The van der Waals surface area contributed by atoms with Gasteiger partial charge in [0.15, 0.2) is 0 Å². The first kappa shape index (κ1) is 12.3. The van der Waals surface area contributed by atoms with E-state index in [1.807, 2.05) is 6.20 Å². The number of carbonyl (C=O) groups excluding carboxylic acids is 1. The summed E-state index contributed by atoms with van der Waals surface area (Å²) in [7, 11) is 1.25. The second kappa shape index (κ2) is 6.64. The summed E-state index contributed by atoms with van der Waals surface area (Å²) >= 11 is 0. The normalized spacial score (nSPS) is 17.2. The molecule has 5 nitrogen and oxygen atoms in total. The molecule has 0 atom stereocenters. The molecular formula is C11H14N2O3. The highest BCUT2D eigenvalue weighted by Gasteiger charge is 2.07. The Hall–Kier alpha value is -1.80. The Kier molecular flexibility index (Phi) is 5.09. The predicted octanol–water partition coefficient (Wildman–Crippen LogP) is 0.455. The molecule has 1 rings (SSSR count). The van der Waals surface area contributed by atoms with Crippen LogP contribution in [-0.2, 0) is 14.3 Å². The van der Waals surface area contributed by atoms with Crippen LogP contribution in [-0.4, -0.2) is 44.3 Å². The number of rotatable bonds is 3. The fourth-order valence-corrected chi connectivity index (χ4v) is 1.25. The number of nitrogens with zero attached hydrogens (tertiary/aromatic N) is 2.